The van der Waals surface area contributed by atoms with Crippen LogP contribution in [0.2, 0.25) is 0 Å². The molecule has 0 aliphatic heterocycles. The standard InChI is InChI=1S/C21H14F2O3/c1-21(22,23)16-10-9-14(12-5-4-6-13(11-12)20(24)25)19-18(16)15-7-2-3-8-17(15)26-19/h2-11H,1H3,(H,24,25). The van der Waals surface area contributed by atoms with Crippen molar-refractivity contribution >= 4 is 27.9 Å². The van der Waals surface area contributed by atoms with Crippen molar-refractivity contribution in [1.29, 1.82) is 0 Å². The summed E-state index contributed by atoms with van der Waals surface area (Å²) in [5, 5.41) is 10.2. The second kappa shape index (κ2) is 5.66. The molecule has 0 saturated heterocycles. The highest BCUT2D eigenvalue weighted by Crippen LogP contribution is 2.42. The maximum absolute atomic E-state index is 14.2. The SMILES string of the molecule is CC(F)(F)c1ccc(-c2cccc(C(=O)O)c2)c2oc3ccccc3c12. The van der Waals surface area contributed by atoms with Crippen LogP contribution >= 0.6 is 0 Å². The van der Waals surface area contributed by atoms with E-state index < -0.39 is 11.9 Å². The fourth-order valence-electron chi connectivity index (χ4n) is 3.24. The Morgan fingerprint density at radius 3 is 2.54 bits per heavy atom. The van der Waals surface area contributed by atoms with E-state index in [0.717, 1.165) is 6.92 Å². The first-order valence-electron chi connectivity index (χ1n) is 8.02. The highest BCUT2D eigenvalue weighted by molar-refractivity contribution is 6.11. The Bertz CT molecular complexity index is 1150. The molecule has 0 atom stereocenters. The van der Waals surface area contributed by atoms with Gasteiger partial charge in [0.25, 0.3) is 5.92 Å². The minimum absolute atomic E-state index is 0.115. The van der Waals surface area contributed by atoms with Gasteiger partial charge < -0.3 is 9.52 Å². The van der Waals surface area contributed by atoms with E-state index in [1.54, 1.807) is 42.5 Å². The van der Waals surface area contributed by atoms with Crippen molar-refractivity contribution in [3.63, 3.8) is 0 Å². The first-order valence-corrected chi connectivity index (χ1v) is 8.02. The second-order valence-electron chi connectivity index (χ2n) is 6.24. The maximum Gasteiger partial charge on any atom is 0.335 e. The molecule has 0 radical (unpaired) electrons. The normalized spacial score (nSPS) is 12.0. The topological polar surface area (TPSA) is 50.4 Å². The van der Waals surface area contributed by atoms with Gasteiger partial charge in [-0.15, -0.1) is 0 Å². The number of para-hydroxylation sites is 1. The lowest BCUT2D eigenvalue weighted by Gasteiger charge is -2.14. The first-order chi connectivity index (χ1) is 12.4. The van der Waals surface area contributed by atoms with Crippen molar-refractivity contribution in [3.05, 3.63) is 71.8 Å². The summed E-state index contributed by atoms with van der Waals surface area (Å²) in [6, 6.07) is 16.3. The highest BCUT2D eigenvalue weighted by Gasteiger charge is 2.30. The maximum atomic E-state index is 14.2. The predicted molar refractivity (Wildman–Crippen MR) is 95.7 cm³/mol. The van der Waals surface area contributed by atoms with Crippen LogP contribution in [0.1, 0.15) is 22.8 Å². The number of rotatable bonds is 3. The van der Waals surface area contributed by atoms with E-state index in [1.807, 2.05) is 0 Å². The minimum atomic E-state index is -3.04. The van der Waals surface area contributed by atoms with Crippen LogP contribution in [0.3, 0.4) is 0 Å². The molecule has 4 rings (SSSR count). The van der Waals surface area contributed by atoms with Crippen LogP contribution in [0, 0.1) is 0 Å². The average molecular weight is 352 g/mol. The van der Waals surface area contributed by atoms with Crippen LogP contribution in [0.15, 0.2) is 65.1 Å². The van der Waals surface area contributed by atoms with E-state index in [-0.39, 0.29) is 11.1 Å². The number of carbonyl (C=O) groups is 1. The number of carboxylic acid groups (broad SMARTS) is 1. The second-order valence-corrected chi connectivity index (χ2v) is 6.24. The van der Waals surface area contributed by atoms with Crippen molar-refractivity contribution in [2.75, 3.05) is 0 Å². The Morgan fingerprint density at radius 2 is 1.81 bits per heavy atom. The van der Waals surface area contributed by atoms with Gasteiger partial charge in [-0.25, -0.2) is 13.6 Å². The number of halogens is 2. The van der Waals surface area contributed by atoms with E-state index in [4.69, 9.17) is 4.42 Å². The fourth-order valence-corrected chi connectivity index (χ4v) is 3.24. The third-order valence-corrected chi connectivity index (χ3v) is 4.42. The van der Waals surface area contributed by atoms with Crippen molar-refractivity contribution in [2.45, 2.75) is 12.8 Å². The molecule has 5 heteroatoms. The number of carboxylic acids is 1. The number of furan rings is 1. The number of alkyl halides is 2. The van der Waals surface area contributed by atoms with Gasteiger partial charge in [0.2, 0.25) is 0 Å². The molecule has 26 heavy (non-hydrogen) atoms. The Kier molecular flexibility index (Phi) is 3.54. The largest absolute Gasteiger partial charge is 0.478 e. The first kappa shape index (κ1) is 16.3. The molecule has 1 aromatic heterocycles. The zero-order chi connectivity index (χ0) is 18.5. The van der Waals surface area contributed by atoms with Gasteiger partial charge in [-0.1, -0.05) is 42.5 Å². The van der Waals surface area contributed by atoms with Gasteiger partial charge in [-0.3, -0.25) is 0 Å². The van der Waals surface area contributed by atoms with Gasteiger partial charge in [-0.2, -0.15) is 0 Å². The van der Waals surface area contributed by atoms with Crippen molar-refractivity contribution < 1.29 is 23.1 Å². The zero-order valence-corrected chi connectivity index (χ0v) is 13.8. The molecule has 0 aliphatic rings. The number of aromatic carboxylic acids is 1. The molecule has 1 heterocycles. The van der Waals surface area contributed by atoms with Gasteiger partial charge in [0, 0.05) is 28.8 Å². The molecule has 0 unspecified atom stereocenters. The van der Waals surface area contributed by atoms with Crippen LogP contribution in [-0.2, 0) is 5.92 Å². The number of hydrogen-bond donors (Lipinski definition) is 1. The van der Waals surface area contributed by atoms with Gasteiger partial charge in [0.1, 0.15) is 11.2 Å². The Balaban J connectivity index is 2.10. The molecule has 0 amide bonds. The van der Waals surface area contributed by atoms with Crippen molar-refractivity contribution in [1.82, 2.24) is 0 Å². The van der Waals surface area contributed by atoms with E-state index in [2.05, 4.69) is 0 Å². The van der Waals surface area contributed by atoms with Crippen LogP contribution in [0.5, 0.6) is 0 Å². The summed E-state index contributed by atoms with van der Waals surface area (Å²) in [5.41, 5.74) is 2.02. The van der Waals surface area contributed by atoms with Gasteiger partial charge in [0.15, 0.2) is 0 Å². The Hall–Kier alpha value is -3.21. The summed E-state index contributed by atoms with van der Waals surface area (Å²) in [6.45, 7) is 0.855. The molecule has 4 aromatic rings. The summed E-state index contributed by atoms with van der Waals surface area (Å²) in [5.74, 6) is -4.09. The third-order valence-electron chi connectivity index (χ3n) is 4.42. The molecule has 1 N–H and O–H groups in total. The van der Waals surface area contributed by atoms with E-state index in [0.29, 0.717) is 33.1 Å². The van der Waals surface area contributed by atoms with Crippen LogP contribution in [-0.4, -0.2) is 11.1 Å². The van der Waals surface area contributed by atoms with Crippen molar-refractivity contribution in [2.24, 2.45) is 0 Å². The zero-order valence-electron chi connectivity index (χ0n) is 13.8. The predicted octanol–water partition coefficient (Wildman–Crippen LogP) is 6.06. The molecule has 130 valence electrons. The lowest BCUT2D eigenvalue weighted by Crippen LogP contribution is -2.07. The Morgan fingerprint density at radius 1 is 1.04 bits per heavy atom. The molecule has 0 spiro atoms. The molecule has 0 aliphatic carbocycles. The number of hydrogen-bond acceptors (Lipinski definition) is 2. The highest BCUT2D eigenvalue weighted by atomic mass is 19.3. The smallest absolute Gasteiger partial charge is 0.335 e. The molecular formula is C21H14F2O3. The van der Waals surface area contributed by atoms with Crippen LogP contribution in [0.4, 0.5) is 8.78 Å². The summed E-state index contributed by atoms with van der Waals surface area (Å²) in [7, 11) is 0. The lowest BCUT2D eigenvalue weighted by atomic mass is 9.95. The van der Waals surface area contributed by atoms with Gasteiger partial charge in [-0.05, 0) is 23.8 Å². The summed E-state index contributed by atoms with van der Waals surface area (Å²) < 4.78 is 34.2. The summed E-state index contributed by atoms with van der Waals surface area (Å²) in [4.78, 5) is 11.3. The molecule has 0 fully saturated rings. The van der Waals surface area contributed by atoms with Crippen LogP contribution < -0.4 is 0 Å². The van der Waals surface area contributed by atoms with Crippen molar-refractivity contribution in [3.8, 4) is 11.1 Å². The van der Waals surface area contributed by atoms with E-state index >= 15 is 0 Å². The summed E-state index contributed by atoms with van der Waals surface area (Å²) >= 11 is 0. The quantitative estimate of drug-likeness (QED) is 0.487. The van der Waals surface area contributed by atoms with E-state index in [9.17, 15) is 18.7 Å². The van der Waals surface area contributed by atoms with E-state index in [1.165, 1.54) is 18.2 Å². The number of benzene rings is 3. The van der Waals surface area contributed by atoms with Gasteiger partial charge >= 0.3 is 5.97 Å². The molecule has 3 nitrogen and oxygen atoms in total. The molecular weight excluding hydrogens is 338 g/mol. The third kappa shape index (κ3) is 2.52. The Labute approximate surface area is 147 Å². The number of fused-ring (bicyclic) bond motifs is 3. The molecule has 3 aromatic carbocycles. The average Bonchev–Trinajstić information content (AvgIpc) is 2.99. The fraction of sp³-hybridized carbons (Fsp3) is 0.0952. The lowest BCUT2D eigenvalue weighted by molar-refractivity contribution is 0.0191. The minimum Gasteiger partial charge on any atom is -0.478 e. The monoisotopic (exact) mass is 352 g/mol. The molecule has 0 bridgehead atoms. The summed E-state index contributed by atoms with van der Waals surface area (Å²) in [6.07, 6.45) is 0. The molecule has 0 saturated carbocycles. The van der Waals surface area contributed by atoms with Crippen LogP contribution in [0.25, 0.3) is 33.1 Å². The van der Waals surface area contributed by atoms with Gasteiger partial charge in [0.05, 0.1) is 5.56 Å².